The van der Waals surface area contributed by atoms with E-state index < -0.39 is 12.0 Å². The number of thioether (sulfide) groups is 1. The van der Waals surface area contributed by atoms with E-state index in [1.165, 1.54) is 0 Å². The van der Waals surface area contributed by atoms with Crippen molar-refractivity contribution in [3.8, 4) is 5.75 Å². The van der Waals surface area contributed by atoms with Crippen molar-refractivity contribution < 1.29 is 15.0 Å². The molecule has 1 aromatic carbocycles. The Bertz CT molecular complexity index is 410. The Balaban J connectivity index is 1.84. The number of rotatable bonds is 4. The van der Waals surface area contributed by atoms with Crippen LogP contribution >= 0.6 is 11.8 Å². The lowest BCUT2D eigenvalue weighted by atomic mass is 10.1. The Labute approximate surface area is 104 Å². The molecule has 3 N–H and O–H groups in total. The zero-order valence-corrected chi connectivity index (χ0v) is 10.1. The van der Waals surface area contributed by atoms with Gasteiger partial charge in [0.05, 0.1) is 5.37 Å². The Morgan fingerprint density at radius 3 is 2.88 bits per heavy atom. The van der Waals surface area contributed by atoms with Crippen molar-refractivity contribution >= 4 is 17.7 Å². The van der Waals surface area contributed by atoms with Gasteiger partial charge in [0.25, 0.3) is 0 Å². The van der Waals surface area contributed by atoms with E-state index in [1.807, 2.05) is 12.1 Å². The summed E-state index contributed by atoms with van der Waals surface area (Å²) in [5.41, 5.74) is 0.911. The van der Waals surface area contributed by atoms with Crippen LogP contribution in [0.1, 0.15) is 12.0 Å². The molecule has 17 heavy (non-hydrogen) atoms. The number of para-hydroxylation sites is 1. The summed E-state index contributed by atoms with van der Waals surface area (Å²) in [4.78, 5) is 10.8. The lowest BCUT2D eigenvalue weighted by Gasteiger charge is -2.11. The van der Waals surface area contributed by atoms with Gasteiger partial charge in [0, 0.05) is 5.75 Å². The predicted octanol–water partition coefficient (Wildman–Crippen LogP) is 1.44. The minimum absolute atomic E-state index is 0.163. The second-order valence-corrected chi connectivity index (χ2v) is 5.28. The number of benzene rings is 1. The molecule has 2 atom stereocenters. The van der Waals surface area contributed by atoms with Crippen molar-refractivity contribution in [1.29, 1.82) is 0 Å². The molecule has 1 aliphatic rings. The molecule has 0 radical (unpaired) electrons. The Morgan fingerprint density at radius 2 is 2.24 bits per heavy atom. The number of carboxylic acids is 1. The number of phenolic OH excluding ortho intramolecular Hbond substituents is 1. The molecule has 0 aromatic heterocycles. The fourth-order valence-electron chi connectivity index (χ4n) is 1.85. The molecule has 0 spiro atoms. The zero-order chi connectivity index (χ0) is 12.3. The van der Waals surface area contributed by atoms with Gasteiger partial charge in [-0.15, -0.1) is 11.8 Å². The van der Waals surface area contributed by atoms with Gasteiger partial charge in [-0.2, -0.15) is 0 Å². The third kappa shape index (κ3) is 3.14. The van der Waals surface area contributed by atoms with Crippen LogP contribution in [-0.2, 0) is 11.2 Å². The molecule has 0 aliphatic carbocycles. The lowest BCUT2D eigenvalue weighted by Crippen LogP contribution is -2.36. The van der Waals surface area contributed by atoms with Gasteiger partial charge in [-0.1, -0.05) is 18.2 Å². The van der Waals surface area contributed by atoms with Crippen molar-refractivity contribution in [2.45, 2.75) is 24.3 Å². The molecule has 1 aromatic rings. The van der Waals surface area contributed by atoms with Crippen LogP contribution in [0.15, 0.2) is 24.3 Å². The van der Waals surface area contributed by atoms with Crippen molar-refractivity contribution in [3.63, 3.8) is 0 Å². The van der Waals surface area contributed by atoms with E-state index in [-0.39, 0.29) is 5.37 Å². The first-order chi connectivity index (χ1) is 8.16. The van der Waals surface area contributed by atoms with Crippen molar-refractivity contribution in [2.24, 2.45) is 0 Å². The first-order valence-corrected chi connectivity index (χ1v) is 6.59. The molecule has 0 bridgehead atoms. The average molecular weight is 253 g/mol. The number of aliphatic carboxylic acids is 1. The van der Waals surface area contributed by atoms with Crippen LogP contribution in [0.25, 0.3) is 0 Å². The van der Waals surface area contributed by atoms with Crippen LogP contribution in [0.4, 0.5) is 0 Å². The molecular formula is C12H15NO3S. The number of carbonyl (C=O) groups is 1. The summed E-state index contributed by atoms with van der Waals surface area (Å²) in [6.07, 6.45) is 1.58. The Morgan fingerprint density at radius 1 is 1.47 bits per heavy atom. The van der Waals surface area contributed by atoms with E-state index in [9.17, 15) is 9.90 Å². The molecular weight excluding hydrogens is 238 g/mol. The van der Waals surface area contributed by atoms with Crippen LogP contribution in [0.2, 0.25) is 0 Å². The topological polar surface area (TPSA) is 69.6 Å². The van der Waals surface area contributed by atoms with Crippen LogP contribution in [0, 0.1) is 0 Å². The normalized spacial score (nSPS) is 23.8. The third-order valence-electron chi connectivity index (χ3n) is 2.82. The molecule has 0 amide bonds. The maximum atomic E-state index is 10.8. The van der Waals surface area contributed by atoms with Crippen LogP contribution in [0.3, 0.4) is 0 Å². The Hall–Kier alpha value is -1.20. The quantitative estimate of drug-likeness (QED) is 0.757. The molecule has 1 fully saturated rings. The number of nitrogens with one attached hydrogen (secondary N) is 1. The predicted molar refractivity (Wildman–Crippen MR) is 67.2 cm³/mol. The first-order valence-electron chi connectivity index (χ1n) is 5.54. The van der Waals surface area contributed by atoms with Crippen LogP contribution in [0.5, 0.6) is 5.75 Å². The van der Waals surface area contributed by atoms with Gasteiger partial charge in [0.1, 0.15) is 11.8 Å². The smallest absolute Gasteiger partial charge is 0.321 e. The van der Waals surface area contributed by atoms with Crippen molar-refractivity contribution in [2.75, 3.05) is 5.75 Å². The van der Waals surface area contributed by atoms with E-state index >= 15 is 0 Å². The highest BCUT2D eigenvalue weighted by Crippen LogP contribution is 2.25. The fourth-order valence-corrected chi connectivity index (χ4v) is 3.06. The number of hydrogen-bond acceptors (Lipinski definition) is 4. The largest absolute Gasteiger partial charge is 0.508 e. The van der Waals surface area contributed by atoms with Gasteiger partial charge < -0.3 is 10.2 Å². The molecule has 5 heteroatoms. The van der Waals surface area contributed by atoms with Gasteiger partial charge in [-0.3, -0.25) is 10.1 Å². The highest BCUT2D eigenvalue weighted by atomic mass is 32.2. The maximum Gasteiger partial charge on any atom is 0.321 e. The summed E-state index contributed by atoms with van der Waals surface area (Å²) < 4.78 is 0. The summed E-state index contributed by atoms with van der Waals surface area (Å²) in [6, 6.07) is 6.81. The average Bonchev–Trinajstić information content (AvgIpc) is 2.77. The first kappa shape index (κ1) is 12.3. The number of phenols is 1. The summed E-state index contributed by atoms with van der Waals surface area (Å²) in [7, 11) is 0. The molecule has 1 heterocycles. The molecule has 92 valence electrons. The van der Waals surface area contributed by atoms with Crippen molar-refractivity contribution in [3.05, 3.63) is 29.8 Å². The molecule has 1 saturated heterocycles. The van der Waals surface area contributed by atoms with Gasteiger partial charge in [-0.25, -0.2) is 0 Å². The highest BCUT2D eigenvalue weighted by molar-refractivity contribution is 8.00. The molecule has 1 unspecified atom stereocenters. The number of aryl methyl sites for hydroxylation is 1. The summed E-state index contributed by atoms with van der Waals surface area (Å²) in [5.74, 6) is 0.133. The minimum Gasteiger partial charge on any atom is -0.508 e. The fraction of sp³-hybridized carbons (Fsp3) is 0.417. The standard InChI is InChI=1S/C12H15NO3S/c14-10-4-2-1-3-8(10)5-6-11-13-9(7-17-11)12(15)16/h1-4,9,11,13-14H,5-7H2,(H,15,16)/t9-,11?/m0/s1. The van der Waals surface area contributed by atoms with Gasteiger partial charge in [0.2, 0.25) is 0 Å². The second kappa shape index (κ2) is 5.42. The van der Waals surface area contributed by atoms with E-state index in [1.54, 1.807) is 23.9 Å². The molecule has 2 rings (SSSR count). The van der Waals surface area contributed by atoms with Crippen LogP contribution in [-0.4, -0.2) is 33.4 Å². The summed E-state index contributed by atoms with van der Waals surface area (Å²) >= 11 is 1.63. The van der Waals surface area contributed by atoms with E-state index in [0.717, 1.165) is 18.4 Å². The van der Waals surface area contributed by atoms with Gasteiger partial charge >= 0.3 is 5.97 Å². The maximum absolute atomic E-state index is 10.8. The second-order valence-electron chi connectivity index (χ2n) is 4.05. The lowest BCUT2D eigenvalue weighted by molar-refractivity contribution is -0.138. The third-order valence-corrected chi connectivity index (χ3v) is 4.12. The van der Waals surface area contributed by atoms with Crippen LogP contribution < -0.4 is 5.32 Å². The zero-order valence-electron chi connectivity index (χ0n) is 9.30. The van der Waals surface area contributed by atoms with Gasteiger partial charge in [0.15, 0.2) is 0 Å². The van der Waals surface area contributed by atoms with Gasteiger partial charge in [-0.05, 0) is 24.5 Å². The number of aromatic hydroxyl groups is 1. The summed E-state index contributed by atoms with van der Waals surface area (Å²) in [6.45, 7) is 0. The summed E-state index contributed by atoms with van der Waals surface area (Å²) in [5, 5.41) is 21.7. The molecule has 0 saturated carbocycles. The van der Waals surface area contributed by atoms with Crippen molar-refractivity contribution in [1.82, 2.24) is 5.32 Å². The monoisotopic (exact) mass is 253 g/mol. The minimum atomic E-state index is -0.789. The van der Waals surface area contributed by atoms with E-state index in [2.05, 4.69) is 5.32 Å². The SMILES string of the molecule is O=C(O)[C@@H]1CSC(CCc2ccccc2O)N1. The Kier molecular flexibility index (Phi) is 3.91. The molecule has 1 aliphatic heterocycles. The molecule has 4 nitrogen and oxygen atoms in total. The number of carboxylic acid groups (broad SMARTS) is 1. The van der Waals surface area contributed by atoms with E-state index in [4.69, 9.17) is 5.11 Å². The number of hydrogen-bond donors (Lipinski definition) is 3. The highest BCUT2D eigenvalue weighted by Gasteiger charge is 2.28. The van der Waals surface area contributed by atoms with E-state index in [0.29, 0.717) is 11.5 Å².